The summed E-state index contributed by atoms with van der Waals surface area (Å²) in [6.07, 6.45) is 1.54. The summed E-state index contributed by atoms with van der Waals surface area (Å²) in [5.41, 5.74) is 2.59. The summed E-state index contributed by atoms with van der Waals surface area (Å²) < 4.78 is 9.69. The summed E-state index contributed by atoms with van der Waals surface area (Å²) in [5.74, 6) is 0.617. The molecule has 0 aliphatic rings. The predicted molar refractivity (Wildman–Crippen MR) is 67.0 cm³/mol. The number of phenolic OH excluding ortho intramolecular Hbond substituents is 1. The van der Waals surface area contributed by atoms with Gasteiger partial charge in [-0.25, -0.2) is 10.2 Å². The third-order valence-corrected chi connectivity index (χ3v) is 2.02. The second kappa shape index (κ2) is 7.16. The van der Waals surface area contributed by atoms with E-state index < -0.39 is 6.09 Å². The normalized spacial score (nSPS) is 10.3. The Balaban J connectivity index is 2.64. The van der Waals surface area contributed by atoms with E-state index in [2.05, 4.69) is 15.3 Å². The summed E-state index contributed by atoms with van der Waals surface area (Å²) in [6.45, 7) is 2.59. The molecule has 0 bridgehead atoms. The lowest BCUT2D eigenvalue weighted by molar-refractivity contribution is 0.171. The third-order valence-electron chi connectivity index (χ3n) is 2.02. The number of hydrazone groups is 1. The average molecular weight is 252 g/mol. The molecule has 98 valence electrons. The summed E-state index contributed by atoms with van der Waals surface area (Å²) in [7, 11) is 1.24. The van der Waals surface area contributed by atoms with Crippen LogP contribution in [-0.4, -0.2) is 31.1 Å². The molecule has 0 aliphatic heterocycles. The molecule has 1 rings (SSSR count). The highest BCUT2D eigenvalue weighted by Crippen LogP contribution is 2.22. The van der Waals surface area contributed by atoms with E-state index in [1.54, 1.807) is 12.1 Å². The maximum atomic E-state index is 10.7. The summed E-state index contributed by atoms with van der Waals surface area (Å²) >= 11 is 0. The molecule has 6 heteroatoms. The average Bonchev–Trinajstić information content (AvgIpc) is 2.38. The van der Waals surface area contributed by atoms with Gasteiger partial charge in [-0.3, -0.25) is 0 Å². The van der Waals surface area contributed by atoms with Crippen LogP contribution in [0.2, 0.25) is 0 Å². The standard InChI is InChI=1S/C12H16N2O4/c1-3-6-18-10-5-4-9(11(15)7-10)8-13-14-12(16)17-2/h4-5,7-8,15H,3,6H2,1-2H3,(H,14,16)/b13-8+. The Morgan fingerprint density at radius 1 is 1.56 bits per heavy atom. The van der Waals surface area contributed by atoms with Crippen LogP contribution in [0.25, 0.3) is 0 Å². The quantitative estimate of drug-likeness (QED) is 0.619. The number of carbonyl (C=O) groups is 1. The monoisotopic (exact) mass is 252 g/mol. The van der Waals surface area contributed by atoms with Crippen molar-refractivity contribution in [2.75, 3.05) is 13.7 Å². The molecular formula is C12H16N2O4. The number of carbonyl (C=O) groups excluding carboxylic acids is 1. The van der Waals surface area contributed by atoms with E-state index >= 15 is 0 Å². The van der Waals surface area contributed by atoms with Gasteiger partial charge in [-0.15, -0.1) is 0 Å². The molecule has 1 amide bonds. The highest BCUT2D eigenvalue weighted by Gasteiger charge is 2.01. The lowest BCUT2D eigenvalue weighted by Crippen LogP contribution is -2.16. The number of hydrogen-bond donors (Lipinski definition) is 2. The minimum absolute atomic E-state index is 0.0269. The molecule has 0 aromatic heterocycles. The maximum Gasteiger partial charge on any atom is 0.427 e. The van der Waals surface area contributed by atoms with Gasteiger partial charge in [0.2, 0.25) is 0 Å². The van der Waals surface area contributed by atoms with Crippen LogP contribution in [0.3, 0.4) is 0 Å². The van der Waals surface area contributed by atoms with Crippen molar-refractivity contribution in [3.8, 4) is 11.5 Å². The fourth-order valence-corrected chi connectivity index (χ4v) is 1.14. The molecule has 6 nitrogen and oxygen atoms in total. The van der Waals surface area contributed by atoms with Crippen LogP contribution < -0.4 is 10.2 Å². The van der Waals surface area contributed by atoms with Crippen molar-refractivity contribution in [2.24, 2.45) is 5.10 Å². The van der Waals surface area contributed by atoms with Crippen molar-refractivity contribution in [1.29, 1.82) is 0 Å². The van der Waals surface area contributed by atoms with Crippen LogP contribution in [0.4, 0.5) is 4.79 Å². The van der Waals surface area contributed by atoms with E-state index in [0.717, 1.165) is 6.42 Å². The van der Waals surface area contributed by atoms with Gasteiger partial charge in [0, 0.05) is 11.6 Å². The molecule has 0 atom stereocenters. The molecule has 0 saturated carbocycles. The Kier molecular flexibility index (Phi) is 5.50. The van der Waals surface area contributed by atoms with Gasteiger partial charge in [-0.1, -0.05) is 6.92 Å². The molecular weight excluding hydrogens is 236 g/mol. The van der Waals surface area contributed by atoms with Crippen LogP contribution in [-0.2, 0) is 4.74 Å². The van der Waals surface area contributed by atoms with Gasteiger partial charge < -0.3 is 14.6 Å². The van der Waals surface area contributed by atoms with E-state index in [0.29, 0.717) is 17.9 Å². The van der Waals surface area contributed by atoms with Crippen molar-refractivity contribution in [2.45, 2.75) is 13.3 Å². The summed E-state index contributed by atoms with van der Waals surface area (Å²) in [6, 6.07) is 4.85. The zero-order chi connectivity index (χ0) is 13.4. The first-order chi connectivity index (χ1) is 8.67. The molecule has 0 aliphatic carbocycles. The number of nitrogens with one attached hydrogen (secondary N) is 1. The Labute approximate surface area is 105 Å². The smallest absolute Gasteiger partial charge is 0.427 e. The SMILES string of the molecule is CCCOc1ccc(/C=N/NC(=O)OC)c(O)c1. The van der Waals surface area contributed by atoms with Crippen LogP contribution in [0, 0.1) is 0 Å². The van der Waals surface area contributed by atoms with Crippen molar-refractivity contribution in [3.05, 3.63) is 23.8 Å². The van der Waals surface area contributed by atoms with E-state index in [4.69, 9.17) is 4.74 Å². The molecule has 0 spiro atoms. The molecule has 1 aromatic carbocycles. The van der Waals surface area contributed by atoms with Crippen LogP contribution >= 0.6 is 0 Å². The molecule has 18 heavy (non-hydrogen) atoms. The molecule has 0 unspecified atom stereocenters. The van der Waals surface area contributed by atoms with Gasteiger partial charge in [0.15, 0.2) is 0 Å². The molecule has 2 N–H and O–H groups in total. The van der Waals surface area contributed by atoms with Crippen molar-refractivity contribution < 1.29 is 19.4 Å². The van der Waals surface area contributed by atoms with E-state index in [9.17, 15) is 9.90 Å². The van der Waals surface area contributed by atoms with E-state index in [1.807, 2.05) is 6.92 Å². The number of ether oxygens (including phenoxy) is 2. The molecule has 0 saturated heterocycles. The Bertz CT molecular complexity index is 432. The first kappa shape index (κ1) is 13.8. The molecule has 0 radical (unpaired) electrons. The Morgan fingerprint density at radius 2 is 2.33 bits per heavy atom. The predicted octanol–water partition coefficient (Wildman–Crippen LogP) is 1.87. The minimum Gasteiger partial charge on any atom is -0.507 e. The second-order valence-corrected chi connectivity index (χ2v) is 3.43. The summed E-state index contributed by atoms with van der Waals surface area (Å²) in [4.78, 5) is 10.7. The number of rotatable bonds is 5. The van der Waals surface area contributed by atoms with E-state index in [1.165, 1.54) is 19.4 Å². The minimum atomic E-state index is -0.673. The van der Waals surface area contributed by atoms with Gasteiger partial charge in [-0.2, -0.15) is 5.10 Å². The zero-order valence-electron chi connectivity index (χ0n) is 10.3. The topological polar surface area (TPSA) is 80.2 Å². The van der Waals surface area contributed by atoms with Gasteiger partial charge in [0.05, 0.1) is 19.9 Å². The van der Waals surface area contributed by atoms with Crippen LogP contribution in [0.1, 0.15) is 18.9 Å². The van der Waals surface area contributed by atoms with Crippen LogP contribution in [0.5, 0.6) is 11.5 Å². The fourth-order valence-electron chi connectivity index (χ4n) is 1.14. The number of methoxy groups -OCH3 is 1. The highest BCUT2D eigenvalue weighted by atomic mass is 16.5. The number of amides is 1. The third kappa shape index (κ3) is 4.32. The first-order valence-electron chi connectivity index (χ1n) is 5.50. The number of phenols is 1. The number of nitrogens with zero attached hydrogens (tertiary/aromatic N) is 1. The lowest BCUT2D eigenvalue weighted by Gasteiger charge is -2.06. The molecule has 1 aromatic rings. The van der Waals surface area contributed by atoms with E-state index in [-0.39, 0.29) is 5.75 Å². The number of hydrogen-bond acceptors (Lipinski definition) is 5. The summed E-state index contributed by atoms with van der Waals surface area (Å²) in [5, 5.41) is 13.3. The van der Waals surface area contributed by atoms with Crippen molar-refractivity contribution >= 4 is 12.3 Å². The largest absolute Gasteiger partial charge is 0.507 e. The number of aromatic hydroxyl groups is 1. The van der Waals surface area contributed by atoms with Gasteiger partial charge in [0.1, 0.15) is 11.5 Å². The Hall–Kier alpha value is -2.24. The van der Waals surface area contributed by atoms with Gasteiger partial charge in [-0.05, 0) is 18.6 Å². The fraction of sp³-hybridized carbons (Fsp3) is 0.333. The Morgan fingerprint density at radius 3 is 2.94 bits per heavy atom. The lowest BCUT2D eigenvalue weighted by atomic mass is 10.2. The van der Waals surface area contributed by atoms with Crippen LogP contribution in [0.15, 0.2) is 23.3 Å². The van der Waals surface area contributed by atoms with Gasteiger partial charge in [0.25, 0.3) is 0 Å². The number of benzene rings is 1. The molecule has 0 heterocycles. The first-order valence-corrected chi connectivity index (χ1v) is 5.50. The second-order valence-electron chi connectivity index (χ2n) is 3.43. The zero-order valence-corrected chi connectivity index (χ0v) is 10.3. The maximum absolute atomic E-state index is 10.7. The van der Waals surface area contributed by atoms with Crippen molar-refractivity contribution in [3.63, 3.8) is 0 Å². The molecule has 0 fully saturated rings. The highest BCUT2D eigenvalue weighted by molar-refractivity contribution is 5.84. The van der Waals surface area contributed by atoms with Gasteiger partial charge >= 0.3 is 6.09 Å². The van der Waals surface area contributed by atoms with Crippen molar-refractivity contribution in [1.82, 2.24) is 5.43 Å².